The van der Waals surface area contributed by atoms with Crippen LogP contribution < -0.4 is 10.2 Å². The van der Waals surface area contributed by atoms with Gasteiger partial charge in [-0.25, -0.2) is 0 Å². The van der Waals surface area contributed by atoms with Crippen molar-refractivity contribution in [3.05, 3.63) is 33.9 Å². The van der Waals surface area contributed by atoms with Crippen LogP contribution in [0.5, 0.6) is 0 Å². The van der Waals surface area contributed by atoms with Gasteiger partial charge in [0.1, 0.15) is 0 Å². The SMILES string of the molecule is CNC1CCN(c2ccc([N+](=O)[O-])c(C)c2)C1=O. The van der Waals surface area contributed by atoms with E-state index in [-0.39, 0.29) is 17.6 Å². The van der Waals surface area contributed by atoms with Crippen molar-refractivity contribution in [3.63, 3.8) is 0 Å². The summed E-state index contributed by atoms with van der Waals surface area (Å²) in [7, 11) is 1.76. The highest BCUT2D eigenvalue weighted by molar-refractivity contribution is 5.99. The number of anilines is 1. The fourth-order valence-corrected chi connectivity index (χ4v) is 2.22. The van der Waals surface area contributed by atoms with Gasteiger partial charge in [0, 0.05) is 23.9 Å². The summed E-state index contributed by atoms with van der Waals surface area (Å²) in [4.78, 5) is 24.0. The fraction of sp³-hybridized carbons (Fsp3) is 0.417. The minimum absolute atomic E-state index is 0.0192. The van der Waals surface area contributed by atoms with Gasteiger partial charge in [0.05, 0.1) is 11.0 Å². The van der Waals surface area contributed by atoms with Crippen molar-refractivity contribution in [2.45, 2.75) is 19.4 Å². The van der Waals surface area contributed by atoms with Crippen LogP contribution in [0.25, 0.3) is 0 Å². The second-order valence-corrected chi connectivity index (χ2v) is 4.35. The first-order valence-corrected chi connectivity index (χ1v) is 5.78. The standard InChI is InChI=1S/C12H15N3O3/c1-8-7-9(3-4-11(8)15(17)18)14-6-5-10(13-2)12(14)16/h3-4,7,10,13H,5-6H2,1-2H3. The van der Waals surface area contributed by atoms with Crippen LogP contribution >= 0.6 is 0 Å². The van der Waals surface area contributed by atoms with E-state index in [2.05, 4.69) is 5.32 Å². The van der Waals surface area contributed by atoms with E-state index in [9.17, 15) is 14.9 Å². The molecule has 1 aliphatic rings. The van der Waals surface area contributed by atoms with Crippen LogP contribution in [0.3, 0.4) is 0 Å². The lowest BCUT2D eigenvalue weighted by molar-refractivity contribution is -0.385. The lowest BCUT2D eigenvalue weighted by Gasteiger charge is -2.17. The molecule has 0 spiro atoms. The van der Waals surface area contributed by atoms with Crippen molar-refractivity contribution in [1.82, 2.24) is 5.32 Å². The third-order valence-electron chi connectivity index (χ3n) is 3.24. The van der Waals surface area contributed by atoms with Gasteiger partial charge in [0.15, 0.2) is 0 Å². The van der Waals surface area contributed by atoms with Gasteiger partial charge in [-0.15, -0.1) is 0 Å². The molecule has 2 rings (SSSR count). The number of carbonyl (C=O) groups excluding carboxylic acids is 1. The Morgan fingerprint density at radius 2 is 2.22 bits per heavy atom. The summed E-state index contributed by atoms with van der Waals surface area (Å²) in [6.45, 7) is 2.32. The summed E-state index contributed by atoms with van der Waals surface area (Å²) in [5.74, 6) is 0.0192. The molecule has 1 atom stereocenters. The van der Waals surface area contributed by atoms with E-state index < -0.39 is 4.92 Å². The number of nitrogens with one attached hydrogen (secondary N) is 1. The molecule has 1 saturated heterocycles. The Hall–Kier alpha value is -1.95. The van der Waals surface area contributed by atoms with Gasteiger partial charge < -0.3 is 10.2 Å². The summed E-state index contributed by atoms with van der Waals surface area (Å²) in [6.07, 6.45) is 0.755. The molecule has 1 fully saturated rings. The van der Waals surface area contributed by atoms with Crippen LogP contribution in [-0.2, 0) is 4.79 Å². The summed E-state index contributed by atoms with van der Waals surface area (Å²) >= 11 is 0. The van der Waals surface area contributed by atoms with Crippen LogP contribution in [0.2, 0.25) is 0 Å². The molecule has 1 unspecified atom stereocenters. The molecule has 1 N–H and O–H groups in total. The van der Waals surface area contributed by atoms with E-state index in [1.807, 2.05) is 0 Å². The largest absolute Gasteiger partial charge is 0.311 e. The second-order valence-electron chi connectivity index (χ2n) is 4.35. The molecule has 0 saturated carbocycles. The van der Waals surface area contributed by atoms with Crippen LogP contribution in [0, 0.1) is 17.0 Å². The molecule has 1 aromatic carbocycles. The van der Waals surface area contributed by atoms with Gasteiger partial charge in [-0.3, -0.25) is 14.9 Å². The van der Waals surface area contributed by atoms with E-state index >= 15 is 0 Å². The number of nitro benzene ring substituents is 1. The minimum Gasteiger partial charge on any atom is -0.311 e. The number of rotatable bonds is 3. The summed E-state index contributed by atoms with van der Waals surface area (Å²) < 4.78 is 0. The first-order valence-electron chi connectivity index (χ1n) is 5.78. The fourth-order valence-electron chi connectivity index (χ4n) is 2.22. The van der Waals surface area contributed by atoms with Crippen molar-refractivity contribution in [3.8, 4) is 0 Å². The number of aryl methyl sites for hydroxylation is 1. The maximum Gasteiger partial charge on any atom is 0.272 e. The first-order chi connectivity index (χ1) is 8.54. The predicted molar refractivity (Wildman–Crippen MR) is 67.7 cm³/mol. The molecular weight excluding hydrogens is 234 g/mol. The molecule has 96 valence electrons. The van der Waals surface area contributed by atoms with Crippen LogP contribution in [0.4, 0.5) is 11.4 Å². The van der Waals surface area contributed by atoms with Crippen LogP contribution in [0.1, 0.15) is 12.0 Å². The van der Waals surface area contributed by atoms with Gasteiger partial charge in [-0.2, -0.15) is 0 Å². The maximum atomic E-state index is 12.0. The summed E-state index contributed by atoms with van der Waals surface area (Å²) in [5.41, 5.74) is 1.37. The highest BCUT2D eigenvalue weighted by Crippen LogP contribution is 2.27. The monoisotopic (exact) mass is 249 g/mol. The van der Waals surface area contributed by atoms with Crippen LogP contribution in [-0.4, -0.2) is 30.5 Å². The highest BCUT2D eigenvalue weighted by atomic mass is 16.6. The molecule has 0 aliphatic carbocycles. The third kappa shape index (κ3) is 2.06. The van der Waals surface area contributed by atoms with E-state index in [0.717, 1.165) is 12.1 Å². The molecule has 1 aromatic rings. The molecule has 0 aromatic heterocycles. The molecule has 1 amide bonds. The number of carbonyl (C=O) groups is 1. The van der Waals surface area contributed by atoms with Gasteiger partial charge in [0.25, 0.3) is 5.69 Å². The lowest BCUT2D eigenvalue weighted by Crippen LogP contribution is -2.36. The maximum absolute atomic E-state index is 12.0. The van der Waals surface area contributed by atoms with E-state index in [1.54, 1.807) is 31.0 Å². The van der Waals surface area contributed by atoms with Gasteiger partial charge in [-0.1, -0.05) is 0 Å². The molecule has 6 nitrogen and oxygen atoms in total. The first kappa shape index (κ1) is 12.5. The topological polar surface area (TPSA) is 75.5 Å². The Kier molecular flexibility index (Phi) is 3.29. The number of amides is 1. The number of likely N-dealkylation sites (N-methyl/N-ethyl adjacent to an activating group) is 1. The Balaban J connectivity index is 2.28. The summed E-state index contributed by atoms with van der Waals surface area (Å²) in [6, 6.07) is 4.61. The molecule has 6 heteroatoms. The second kappa shape index (κ2) is 4.73. The quantitative estimate of drug-likeness (QED) is 0.645. The average molecular weight is 249 g/mol. The molecule has 1 heterocycles. The minimum atomic E-state index is -0.415. The Bertz CT molecular complexity index is 501. The predicted octanol–water partition coefficient (Wildman–Crippen LogP) is 1.23. The van der Waals surface area contributed by atoms with Gasteiger partial charge in [0.2, 0.25) is 5.91 Å². The molecule has 0 radical (unpaired) electrons. The number of benzene rings is 1. The third-order valence-corrected chi connectivity index (χ3v) is 3.24. The zero-order chi connectivity index (χ0) is 13.3. The zero-order valence-electron chi connectivity index (χ0n) is 10.3. The molecule has 1 aliphatic heterocycles. The molecular formula is C12H15N3O3. The Morgan fingerprint density at radius 1 is 1.50 bits per heavy atom. The highest BCUT2D eigenvalue weighted by Gasteiger charge is 2.31. The smallest absolute Gasteiger partial charge is 0.272 e. The summed E-state index contributed by atoms with van der Waals surface area (Å²) in [5, 5.41) is 13.7. The Labute approximate surface area is 105 Å². The number of hydrogen-bond acceptors (Lipinski definition) is 4. The van der Waals surface area contributed by atoms with E-state index in [4.69, 9.17) is 0 Å². The molecule has 18 heavy (non-hydrogen) atoms. The number of nitro groups is 1. The van der Waals surface area contributed by atoms with Crippen molar-refractivity contribution < 1.29 is 9.72 Å². The van der Waals surface area contributed by atoms with Crippen molar-refractivity contribution in [2.75, 3.05) is 18.5 Å². The Morgan fingerprint density at radius 3 is 2.72 bits per heavy atom. The normalized spacial score (nSPS) is 19.3. The number of nitrogens with zero attached hydrogens (tertiary/aromatic N) is 2. The van der Waals surface area contributed by atoms with Gasteiger partial charge >= 0.3 is 0 Å². The number of hydrogen-bond donors (Lipinski definition) is 1. The average Bonchev–Trinajstić information content (AvgIpc) is 2.69. The van der Waals surface area contributed by atoms with E-state index in [0.29, 0.717) is 12.1 Å². The van der Waals surface area contributed by atoms with E-state index in [1.165, 1.54) is 6.07 Å². The van der Waals surface area contributed by atoms with Crippen LogP contribution in [0.15, 0.2) is 18.2 Å². The van der Waals surface area contributed by atoms with Gasteiger partial charge in [-0.05, 0) is 32.5 Å². The van der Waals surface area contributed by atoms with Crippen molar-refractivity contribution in [1.29, 1.82) is 0 Å². The lowest BCUT2D eigenvalue weighted by atomic mass is 10.1. The molecule has 0 bridgehead atoms. The van der Waals surface area contributed by atoms with Crippen molar-refractivity contribution >= 4 is 17.3 Å². The van der Waals surface area contributed by atoms with Crippen molar-refractivity contribution in [2.24, 2.45) is 0 Å². The zero-order valence-corrected chi connectivity index (χ0v) is 10.3.